The standard InChI is InChI=1S/C19H17Br2N3O3/c1-2-19(12-6-4-3-5-7-12)17(26)24(18(27)23-19)11-16(25)22-15-9-8-13(20)10-14(15)21/h3-10H,2,11H2,1H3,(H,22,25)(H,23,27). The molecule has 1 fully saturated rings. The molecule has 4 amide bonds. The molecule has 1 unspecified atom stereocenters. The quantitative estimate of drug-likeness (QED) is 0.616. The van der Waals surface area contributed by atoms with Crippen LogP contribution in [0.1, 0.15) is 18.9 Å². The zero-order valence-corrected chi connectivity index (χ0v) is 17.6. The van der Waals surface area contributed by atoms with Crippen LogP contribution >= 0.6 is 31.9 Å². The lowest BCUT2D eigenvalue weighted by molar-refractivity contribution is -0.134. The summed E-state index contributed by atoms with van der Waals surface area (Å²) in [7, 11) is 0. The van der Waals surface area contributed by atoms with Crippen molar-refractivity contribution in [2.24, 2.45) is 0 Å². The first kappa shape index (κ1) is 19.6. The topological polar surface area (TPSA) is 78.5 Å². The van der Waals surface area contributed by atoms with Crippen LogP contribution in [-0.2, 0) is 15.1 Å². The van der Waals surface area contributed by atoms with Crippen LogP contribution in [0.4, 0.5) is 10.5 Å². The summed E-state index contributed by atoms with van der Waals surface area (Å²) >= 11 is 6.71. The van der Waals surface area contributed by atoms with E-state index in [4.69, 9.17) is 0 Å². The molecule has 3 rings (SSSR count). The highest BCUT2D eigenvalue weighted by Crippen LogP contribution is 2.32. The number of halogens is 2. The van der Waals surface area contributed by atoms with Gasteiger partial charge in [-0.3, -0.25) is 14.5 Å². The molecule has 140 valence electrons. The lowest BCUT2D eigenvalue weighted by Gasteiger charge is -2.25. The molecule has 0 radical (unpaired) electrons. The van der Waals surface area contributed by atoms with E-state index in [9.17, 15) is 14.4 Å². The largest absolute Gasteiger partial charge is 0.325 e. The number of carbonyl (C=O) groups excluding carboxylic acids is 3. The minimum absolute atomic E-state index is 0.359. The van der Waals surface area contributed by atoms with Gasteiger partial charge >= 0.3 is 6.03 Å². The van der Waals surface area contributed by atoms with Crippen molar-refractivity contribution in [2.75, 3.05) is 11.9 Å². The van der Waals surface area contributed by atoms with E-state index in [0.717, 1.165) is 9.37 Å². The molecule has 0 aromatic heterocycles. The predicted molar refractivity (Wildman–Crippen MR) is 109 cm³/mol. The molecule has 1 heterocycles. The highest BCUT2D eigenvalue weighted by Gasteiger charge is 2.51. The van der Waals surface area contributed by atoms with Gasteiger partial charge in [0.1, 0.15) is 12.1 Å². The summed E-state index contributed by atoms with van der Waals surface area (Å²) in [6, 6.07) is 13.8. The Balaban J connectivity index is 1.78. The Bertz CT molecular complexity index is 904. The van der Waals surface area contributed by atoms with E-state index in [2.05, 4.69) is 42.5 Å². The molecular weight excluding hydrogens is 478 g/mol. The number of urea groups is 1. The van der Waals surface area contributed by atoms with E-state index in [1.165, 1.54) is 0 Å². The van der Waals surface area contributed by atoms with Crippen LogP contribution in [-0.4, -0.2) is 29.3 Å². The minimum atomic E-state index is -1.14. The van der Waals surface area contributed by atoms with Crippen molar-refractivity contribution >= 4 is 55.4 Å². The maximum Gasteiger partial charge on any atom is 0.325 e. The Morgan fingerprint density at radius 1 is 1.15 bits per heavy atom. The first-order valence-electron chi connectivity index (χ1n) is 8.32. The molecule has 6 nitrogen and oxygen atoms in total. The van der Waals surface area contributed by atoms with Gasteiger partial charge in [0.2, 0.25) is 5.91 Å². The molecule has 1 aliphatic heterocycles. The average molecular weight is 495 g/mol. The maximum atomic E-state index is 13.0. The van der Waals surface area contributed by atoms with E-state index < -0.39 is 23.4 Å². The lowest BCUT2D eigenvalue weighted by atomic mass is 9.87. The van der Waals surface area contributed by atoms with Crippen molar-refractivity contribution in [1.29, 1.82) is 0 Å². The summed E-state index contributed by atoms with van der Waals surface area (Å²) in [6.45, 7) is 1.47. The fourth-order valence-corrected chi connectivity index (χ4v) is 4.20. The van der Waals surface area contributed by atoms with Crippen LogP contribution in [0.5, 0.6) is 0 Å². The van der Waals surface area contributed by atoms with Crippen LogP contribution in [0, 0.1) is 0 Å². The predicted octanol–water partition coefficient (Wildman–Crippen LogP) is 4.01. The van der Waals surface area contributed by atoms with Gasteiger partial charge in [0.15, 0.2) is 0 Å². The SMILES string of the molecule is CCC1(c2ccccc2)NC(=O)N(CC(=O)Nc2ccc(Br)cc2Br)C1=O. The lowest BCUT2D eigenvalue weighted by Crippen LogP contribution is -2.44. The second-order valence-electron chi connectivity index (χ2n) is 6.12. The summed E-state index contributed by atoms with van der Waals surface area (Å²) in [5.74, 6) is -0.882. The first-order valence-corrected chi connectivity index (χ1v) is 9.90. The normalized spacial score (nSPS) is 19.1. The van der Waals surface area contributed by atoms with Gasteiger partial charge in [0.25, 0.3) is 5.91 Å². The summed E-state index contributed by atoms with van der Waals surface area (Å²) in [4.78, 5) is 38.8. The molecule has 1 atom stereocenters. The number of nitrogens with one attached hydrogen (secondary N) is 2. The van der Waals surface area contributed by atoms with Crippen LogP contribution < -0.4 is 10.6 Å². The third-order valence-electron chi connectivity index (χ3n) is 4.48. The third-order valence-corrected chi connectivity index (χ3v) is 5.63. The average Bonchev–Trinajstić information content (AvgIpc) is 2.90. The number of nitrogens with zero attached hydrogens (tertiary/aromatic N) is 1. The monoisotopic (exact) mass is 493 g/mol. The Labute approximate surface area is 173 Å². The van der Waals surface area contributed by atoms with Crippen molar-refractivity contribution in [1.82, 2.24) is 10.2 Å². The molecule has 0 aliphatic carbocycles. The van der Waals surface area contributed by atoms with E-state index >= 15 is 0 Å². The fourth-order valence-electron chi connectivity index (χ4n) is 3.06. The van der Waals surface area contributed by atoms with Gasteiger partial charge in [-0.1, -0.05) is 53.2 Å². The zero-order valence-electron chi connectivity index (χ0n) is 14.5. The van der Waals surface area contributed by atoms with Gasteiger partial charge in [0.05, 0.1) is 5.69 Å². The first-order chi connectivity index (χ1) is 12.9. The van der Waals surface area contributed by atoms with Gasteiger partial charge in [-0.15, -0.1) is 0 Å². The molecule has 8 heteroatoms. The van der Waals surface area contributed by atoms with Gasteiger partial charge in [-0.25, -0.2) is 4.79 Å². The number of anilines is 1. The van der Waals surface area contributed by atoms with Crippen LogP contribution in [0.25, 0.3) is 0 Å². The number of benzene rings is 2. The van der Waals surface area contributed by atoms with E-state index in [1.54, 1.807) is 30.3 Å². The van der Waals surface area contributed by atoms with E-state index in [0.29, 0.717) is 22.1 Å². The van der Waals surface area contributed by atoms with Crippen molar-refractivity contribution < 1.29 is 14.4 Å². The number of imide groups is 1. The fraction of sp³-hybridized carbons (Fsp3) is 0.211. The van der Waals surface area contributed by atoms with Crippen molar-refractivity contribution in [3.8, 4) is 0 Å². The van der Waals surface area contributed by atoms with Crippen molar-refractivity contribution in [2.45, 2.75) is 18.9 Å². The van der Waals surface area contributed by atoms with Gasteiger partial charge in [-0.05, 0) is 46.1 Å². The molecule has 2 N–H and O–H groups in total. The number of rotatable bonds is 5. The Morgan fingerprint density at radius 2 is 1.85 bits per heavy atom. The molecule has 0 saturated carbocycles. The summed E-state index contributed by atoms with van der Waals surface area (Å²) in [5.41, 5.74) is 0.112. The third kappa shape index (κ3) is 3.77. The van der Waals surface area contributed by atoms with E-state index in [-0.39, 0.29) is 6.54 Å². The van der Waals surface area contributed by atoms with Gasteiger partial charge in [-0.2, -0.15) is 0 Å². The number of hydrogen-bond donors (Lipinski definition) is 2. The second kappa shape index (κ2) is 7.82. The van der Waals surface area contributed by atoms with Crippen LogP contribution in [0.3, 0.4) is 0 Å². The maximum absolute atomic E-state index is 13.0. The molecule has 27 heavy (non-hydrogen) atoms. The summed E-state index contributed by atoms with van der Waals surface area (Å²) in [5, 5.41) is 5.47. The Morgan fingerprint density at radius 3 is 2.48 bits per heavy atom. The van der Waals surface area contributed by atoms with Gasteiger partial charge in [0, 0.05) is 8.95 Å². The van der Waals surface area contributed by atoms with Crippen LogP contribution in [0.2, 0.25) is 0 Å². The highest BCUT2D eigenvalue weighted by atomic mass is 79.9. The molecule has 1 aliphatic rings. The summed E-state index contributed by atoms with van der Waals surface area (Å²) < 4.78 is 1.55. The van der Waals surface area contributed by atoms with Gasteiger partial charge < -0.3 is 10.6 Å². The second-order valence-corrected chi connectivity index (χ2v) is 7.89. The van der Waals surface area contributed by atoms with E-state index in [1.807, 2.05) is 25.1 Å². The number of carbonyl (C=O) groups is 3. The van der Waals surface area contributed by atoms with Crippen molar-refractivity contribution in [3.63, 3.8) is 0 Å². The molecule has 2 aromatic carbocycles. The molecule has 2 aromatic rings. The number of amides is 4. The smallest absolute Gasteiger partial charge is 0.323 e. The molecule has 0 bridgehead atoms. The molecule has 1 saturated heterocycles. The Hall–Kier alpha value is -2.19. The van der Waals surface area contributed by atoms with Crippen molar-refractivity contribution in [3.05, 3.63) is 63.0 Å². The molecular formula is C19H17Br2N3O3. The number of hydrogen-bond acceptors (Lipinski definition) is 3. The molecule has 0 spiro atoms. The Kier molecular flexibility index (Phi) is 5.67. The highest BCUT2D eigenvalue weighted by molar-refractivity contribution is 9.11. The van der Waals surface area contributed by atoms with Crippen LogP contribution in [0.15, 0.2) is 57.5 Å². The summed E-state index contributed by atoms with van der Waals surface area (Å²) in [6.07, 6.45) is 0.387. The minimum Gasteiger partial charge on any atom is -0.323 e. The zero-order chi connectivity index (χ0) is 19.6.